The van der Waals surface area contributed by atoms with Crippen LogP contribution >= 0.6 is 0 Å². The molecule has 106 valence electrons. The number of carbonyl (C=O) groups is 1. The fourth-order valence-electron chi connectivity index (χ4n) is 3.06. The van der Waals surface area contributed by atoms with E-state index in [1.54, 1.807) is 0 Å². The zero-order chi connectivity index (χ0) is 14.1. The third-order valence-electron chi connectivity index (χ3n) is 4.28. The van der Waals surface area contributed by atoms with E-state index in [1.165, 1.54) is 4.90 Å². The summed E-state index contributed by atoms with van der Waals surface area (Å²) >= 11 is 0. The van der Waals surface area contributed by atoms with Crippen molar-refractivity contribution in [2.24, 2.45) is 0 Å². The maximum atomic E-state index is 12.9. The fraction of sp³-hybridized carbons (Fsp3) is 0.438. The third-order valence-corrected chi connectivity index (χ3v) is 4.28. The van der Waals surface area contributed by atoms with E-state index < -0.39 is 0 Å². The molecule has 4 heteroatoms. The largest absolute Gasteiger partial charge is 0.370 e. The van der Waals surface area contributed by atoms with E-state index in [4.69, 9.17) is 4.74 Å². The summed E-state index contributed by atoms with van der Waals surface area (Å²) in [5.74, 6) is 0.233. The first kappa shape index (κ1) is 13.3. The Morgan fingerprint density at radius 3 is 2.75 bits per heavy atom. The predicted molar refractivity (Wildman–Crippen MR) is 78.3 cm³/mol. The van der Waals surface area contributed by atoms with E-state index in [-0.39, 0.29) is 11.8 Å². The molecule has 0 saturated carbocycles. The quantitative estimate of drug-likeness (QED) is 0.818. The van der Waals surface area contributed by atoms with Gasteiger partial charge in [-0.05, 0) is 19.9 Å². The molecule has 1 atom stereocenters. The number of morpholine rings is 1. The first-order valence-electron chi connectivity index (χ1n) is 7.22. The van der Waals surface area contributed by atoms with Gasteiger partial charge in [0.15, 0.2) is 0 Å². The van der Waals surface area contributed by atoms with Crippen LogP contribution in [0.2, 0.25) is 0 Å². The summed E-state index contributed by atoms with van der Waals surface area (Å²) in [6.45, 7) is 7.33. The van der Waals surface area contributed by atoms with Gasteiger partial charge in [0, 0.05) is 16.6 Å². The zero-order valence-corrected chi connectivity index (χ0v) is 12.0. The minimum Gasteiger partial charge on any atom is -0.370 e. The van der Waals surface area contributed by atoms with E-state index in [2.05, 4.69) is 4.98 Å². The Morgan fingerprint density at radius 1 is 1.30 bits per heavy atom. The van der Waals surface area contributed by atoms with Crippen LogP contribution < -0.4 is 4.90 Å². The highest BCUT2D eigenvalue weighted by Crippen LogP contribution is 2.22. The molecule has 20 heavy (non-hydrogen) atoms. The lowest BCUT2D eigenvalue weighted by atomic mass is 10.0. The number of Topliss-reactive ketones (excluding diaryl/α,β-unsaturated/α-hetero) is 1. The number of para-hydroxylation sites is 1. The van der Waals surface area contributed by atoms with Gasteiger partial charge in [0.1, 0.15) is 19.1 Å². The summed E-state index contributed by atoms with van der Waals surface area (Å²) in [6, 6.07) is 8.00. The summed E-state index contributed by atoms with van der Waals surface area (Å²) in [4.78, 5) is 17.5. The van der Waals surface area contributed by atoms with Gasteiger partial charge in [0.2, 0.25) is 5.78 Å². The number of rotatable bonds is 3. The third kappa shape index (κ3) is 2.25. The van der Waals surface area contributed by atoms with E-state index in [0.717, 1.165) is 48.5 Å². The Kier molecular flexibility index (Phi) is 3.59. The summed E-state index contributed by atoms with van der Waals surface area (Å²) in [7, 11) is 0. The van der Waals surface area contributed by atoms with Crippen LogP contribution in [0, 0.1) is 6.92 Å². The molecule has 2 aromatic rings. The van der Waals surface area contributed by atoms with Gasteiger partial charge < -0.3 is 14.6 Å². The topological polar surface area (TPSA) is 46.5 Å². The lowest BCUT2D eigenvalue weighted by Crippen LogP contribution is -3.18. The van der Waals surface area contributed by atoms with Crippen molar-refractivity contribution < 1.29 is 14.4 Å². The molecule has 1 aliphatic rings. The first-order chi connectivity index (χ1) is 9.68. The second kappa shape index (κ2) is 5.38. The Balaban J connectivity index is 1.93. The average Bonchev–Trinajstić information content (AvgIpc) is 2.82. The number of hydrogen-bond acceptors (Lipinski definition) is 2. The number of aryl methyl sites for hydroxylation is 1. The molecule has 2 N–H and O–H groups in total. The summed E-state index contributed by atoms with van der Waals surface area (Å²) in [5.41, 5.74) is 2.86. The number of aromatic nitrogens is 1. The van der Waals surface area contributed by atoms with Crippen LogP contribution in [0.15, 0.2) is 24.3 Å². The molecule has 0 spiro atoms. The minimum atomic E-state index is -0.0168. The SMILES string of the molecule is Cc1[nH]c2ccccc2c1C(=O)[C@@H](C)[NH+]1CCOCC1. The van der Waals surface area contributed by atoms with E-state index in [0.29, 0.717) is 0 Å². The molecular weight excluding hydrogens is 252 g/mol. The number of quaternary nitrogens is 1. The molecule has 0 unspecified atom stereocenters. The number of aromatic amines is 1. The summed E-state index contributed by atoms with van der Waals surface area (Å²) < 4.78 is 5.38. The second-order valence-corrected chi connectivity index (χ2v) is 5.53. The van der Waals surface area contributed by atoms with E-state index in [1.807, 2.05) is 38.1 Å². The molecule has 1 saturated heterocycles. The van der Waals surface area contributed by atoms with Crippen LogP contribution in [-0.4, -0.2) is 43.1 Å². The van der Waals surface area contributed by atoms with Crippen molar-refractivity contribution in [3.05, 3.63) is 35.5 Å². The van der Waals surface area contributed by atoms with Gasteiger partial charge in [0.05, 0.1) is 18.8 Å². The van der Waals surface area contributed by atoms with Crippen molar-refractivity contribution in [3.63, 3.8) is 0 Å². The number of hydrogen-bond donors (Lipinski definition) is 2. The normalized spacial score (nSPS) is 18.3. The number of fused-ring (bicyclic) bond motifs is 1. The summed E-state index contributed by atoms with van der Waals surface area (Å²) in [5, 5.41) is 1.04. The number of benzene rings is 1. The average molecular weight is 273 g/mol. The van der Waals surface area contributed by atoms with Gasteiger partial charge in [-0.1, -0.05) is 18.2 Å². The molecule has 0 aliphatic carbocycles. The van der Waals surface area contributed by atoms with Gasteiger partial charge >= 0.3 is 0 Å². The highest BCUT2D eigenvalue weighted by atomic mass is 16.5. The van der Waals surface area contributed by atoms with Gasteiger partial charge in [-0.25, -0.2) is 0 Å². The number of ketones is 1. The van der Waals surface area contributed by atoms with Crippen molar-refractivity contribution in [2.45, 2.75) is 19.9 Å². The van der Waals surface area contributed by atoms with Crippen molar-refractivity contribution in [3.8, 4) is 0 Å². The molecule has 3 rings (SSSR count). The molecule has 1 fully saturated rings. The molecule has 0 radical (unpaired) electrons. The van der Waals surface area contributed by atoms with Crippen molar-refractivity contribution in [1.29, 1.82) is 0 Å². The Labute approximate surface area is 118 Å². The van der Waals surface area contributed by atoms with E-state index in [9.17, 15) is 4.79 Å². The summed E-state index contributed by atoms with van der Waals surface area (Å²) in [6.07, 6.45) is 0. The van der Waals surface area contributed by atoms with Crippen molar-refractivity contribution in [2.75, 3.05) is 26.3 Å². The monoisotopic (exact) mass is 273 g/mol. The van der Waals surface area contributed by atoms with Crippen LogP contribution in [0.3, 0.4) is 0 Å². The van der Waals surface area contributed by atoms with Gasteiger partial charge in [0.25, 0.3) is 0 Å². The number of nitrogens with one attached hydrogen (secondary N) is 2. The number of carbonyl (C=O) groups excluding carboxylic acids is 1. The number of H-pyrrole nitrogens is 1. The Morgan fingerprint density at radius 2 is 2.00 bits per heavy atom. The molecule has 0 amide bonds. The zero-order valence-electron chi connectivity index (χ0n) is 12.0. The van der Waals surface area contributed by atoms with Gasteiger partial charge in [-0.2, -0.15) is 0 Å². The highest BCUT2D eigenvalue weighted by molar-refractivity contribution is 6.10. The van der Waals surface area contributed by atoms with Crippen LogP contribution in [0.4, 0.5) is 0 Å². The van der Waals surface area contributed by atoms with Crippen LogP contribution in [0.1, 0.15) is 23.0 Å². The predicted octanol–water partition coefficient (Wildman–Crippen LogP) is 0.963. The maximum Gasteiger partial charge on any atom is 0.222 e. The second-order valence-electron chi connectivity index (χ2n) is 5.53. The van der Waals surface area contributed by atoms with Gasteiger partial charge in [-0.15, -0.1) is 0 Å². The molecular formula is C16H21N2O2+. The molecule has 4 nitrogen and oxygen atoms in total. The van der Waals surface area contributed by atoms with Crippen LogP contribution in [0.5, 0.6) is 0 Å². The maximum absolute atomic E-state index is 12.9. The fourth-order valence-corrected chi connectivity index (χ4v) is 3.06. The number of ether oxygens (including phenoxy) is 1. The Bertz CT molecular complexity index is 626. The highest BCUT2D eigenvalue weighted by Gasteiger charge is 2.30. The van der Waals surface area contributed by atoms with E-state index >= 15 is 0 Å². The lowest BCUT2D eigenvalue weighted by Gasteiger charge is -2.28. The molecule has 0 bridgehead atoms. The van der Waals surface area contributed by atoms with Crippen LogP contribution in [-0.2, 0) is 4.74 Å². The van der Waals surface area contributed by atoms with Crippen molar-refractivity contribution >= 4 is 16.7 Å². The molecule has 1 aromatic heterocycles. The lowest BCUT2D eigenvalue weighted by molar-refractivity contribution is -0.921. The molecule has 1 aromatic carbocycles. The van der Waals surface area contributed by atoms with Crippen LogP contribution in [0.25, 0.3) is 10.9 Å². The molecule has 1 aliphatic heterocycles. The minimum absolute atomic E-state index is 0.0168. The smallest absolute Gasteiger partial charge is 0.222 e. The standard InChI is InChI=1S/C16H20N2O2/c1-11-15(13-5-3-4-6-14(13)17-11)16(19)12(2)18-7-9-20-10-8-18/h3-6,12,17H,7-10H2,1-2H3/p+1/t12-/m1/s1. The first-order valence-corrected chi connectivity index (χ1v) is 7.22. The Hall–Kier alpha value is -1.65. The van der Waals surface area contributed by atoms with Gasteiger partial charge in [-0.3, -0.25) is 4.79 Å². The van der Waals surface area contributed by atoms with Crippen molar-refractivity contribution in [1.82, 2.24) is 4.98 Å². The molecule has 2 heterocycles.